The van der Waals surface area contributed by atoms with Crippen molar-refractivity contribution in [3.8, 4) is 17.0 Å². The van der Waals surface area contributed by atoms with E-state index < -0.39 is 0 Å². The van der Waals surface area contributed by atoms with Crippen molar-refractivity contribution in [2.45, 2.75) is 19.8 Å². The van der Waals surface area contributed by atoms with E-state index in [4.69, 9.17) is 15.7 Å². The molecule has 0 aliphatic carbocycles. The summed E-state index contributed by atoms with van der Waals surface area (Å²) in [4.78, 5) is 4.24. The van der Waals surface area contributed by atoms with E-state index in [0.29, 0.717) is 22.2 Å². The van der Waals surface area contributed by atoms with Gasteiger partial charge in [-0.1, -0.05) is 6.92 Å². The van der Waals surface area contributed by atoms with Crippen LogP contribution in [0.3, 0.4) is 0 Å². The molecule has 0 fully saturated rings. The van der Waals surface area contributed by atoms with Gasteiger partial charge in [0, 0.05) is 23.6 Å². The lowest BCUT2D eigenvalue weighted by Crippen LogP contribution is -1.91. The molecule has 2 rings (SSSR count). The van der Waals surface area contributed by atoms with Crippen molar-refractivity contribution < 1.29 is 4.74 Å². The average Bonchev–Trinajstić information content (AvgIpc) is 2.79. The van der Waals surface area contributed by atoms with E-state index in [1.54, 1.807) is 18.2 Å². The van der Waals surface area contributed by atoms with Crippen LogP contribution in [0, 0.1) is 11.3 Å². The second kappa shape index (κ2) is 5.47. The first-order valence-electron chi connectivity index (χ1n) is 5.53. The van der Waals surface area contributed by atoms with E-state index in [1.165, 1.54) is 11.5 Å². The first-order valence-corrected chi connectivity index (χ1v) is 6.30. The van der Waals surface area contributed by atoms with E-state index in [1.807, 2.05) is 6.07 Å². The summed E-state index contributed by atoms with van der Waals surface area (Å²) in [5.74, 6) is 1.22. The third-order valence-electron chi connectivity index (χ3n) is 2.24. The largest absolute Gasteiger partial charge is 0.428 e. The van der Waals surface area contributed by atoms with E-state index in [2.05, 4.69) is 16.3 Å². The number of nitriles is 1. The second-order valence-corrected chi connectivity index (χ2v) is 4.41. The Morgan fingerprint density at radius 2 is 2.33 bits per heavy atom. The Balaban J connectivity index is 2.20. The molecule has 0 amide bonds. The number of nitrogen functional groups attached to an aromatic ring is 1. The number of nitrogens with zero attached hydrogens (tertiary/aromatic N) is 3. The SMILES string of the molecule is CCCc1nsc(Oc2ccc(N)cc2C#N)n1. The van der Waals surface area contributed by atoms with Crippen LogP contribution >= 0.6 is 11.5 Å². The number of ether oxygens (including phenoxy) is 1. The van der Waals surface area contributed by atoms with Crippen LogP contribution < -0.4 is 10.5 Å². The van der Waals surface area contributed by atoms with Gasteiger partial charge in [-0.2, -0.15) is 14.6 Å². The number of anilines is 1. The summed E-state index contributed by atoms with van der Waals surface area (Å²) >= 11 is 1.18. The normalized spacial score (nSPS) is 10.0. The molecule has 1 heterocycles. The summed E-state index contributed by atoms with van der Waals surface area (Å²) in [6.45, 7) is 2.06. The van der Waals surface area contributed by atoms with Crippen molar-refractivity contribution >= 4 is 17.2 Å². The highest BCUT2D eigenvalue weighted by Crippen LogP contribution is 2.27. The Morgan fingerprint density at radius 3 is 3.06 bits per heavy atom. The zero-order valence-electron chi connectivity index (χ0n) is 9.88. The van der Waals surface area contributed by atoms with Gasteiger partial charge in [-0.25, -0.2) is 0 Å². The van der Waals surface area contributed by atoms with Crippen molar-refractivity contribution in [2.24, 2.45) is 0 Å². The lowest BCUT2D eigenvalue weighted by molar-refractivity contribution is 0.475. The van der Waals surface area contributed by atoms with Gasteiger partial charge in [0.1, 0.15) is 17.6 Å². The molecule has 92 valence electrons. The standard InChI is InChI=1S/C12H12N4OS/c1-2-3-11-15-12(18-16-11)17-10-5-4-9(14)6-8(10)7-13/h4-6H,2-3,14H2,1H3. The van der Waals surface area contributed by atoms with Crippen LogP contribution in [0.2, 0.25) is 0 Å². The third kappa shape index (κ3) is 2.76. The minimum Gasteiger partial charge on any atom is -0.428 e. The van der Waals surface area contributed by atoms with Crippen molar-refractivity contribution in [1.82, 2.24) is 9.36 Å². The first-order chi connectivity index (χ1) is 8.72. The number of rotatable bonds is 4. The number of hydrogen-bond acceptors (Lipinski definition) is 6. The number of nitrogens with two attached hydrogens (primary N) is 1. The van der Waals surface area contributed by atoms with Gasteiger partial charge in [0.2, 0.25) is 0 Å². The molecule has 0 radical (unpaired) electrons. The Hall–Kier alpha value is -2.13. The monoisotopic (exact) mass is 260 g/mol. The fraction of sp³-hybridized carbons (Fsp3) is 0.250. The maximum Gasteiger partial charge on any atom is 0.298 e. The van der Waals surface area contributed by atoms with E-state index in [9.17, 15) is 0 Å². The first kappa shape index (κ1) is 12.3. The van der Waals surface area contributed by atoms with Gasteiger partial charge in [-0.15, -0.1) is 0 Å². The van der Waals surface area contributed by atoms with Crippen LogP contribution in [0.1, 0.15) is 24.7 Å². The second-order valence-electron chi connectivity index (χ2n) is 3.70. The van der Waals surface area contributed by atoms with Crippen LogP contribution in [0.5, 0.6) is 10.9 Å². The van der Waals surface area contributed by atoms with Crippen LogP contribution in [0.25, 0.3) is 0 Å². The fourth-order valence-electron chi connectivity index (χ4n) is 1.42. The molecule has 2 aromatic rings. The van der Waals surface area contributed by atoms with Gasteiger partial charge in [0.15, 0.2) is 0 Å². The summed E-state index contributed by atoms with van der Waals surface area (Å²) in [6, 6.07) is 6.96. The third-order valence-corrected chi connectivity index (χ3v) is 2.88. The van der Waals surface area contributed by atoms with E-state index in [-0.39, 0.29) is 0 Å². The van der Waals surface area contributed by atoms with E-state index in [0.717, 1.165) is 18.7 Å². The predicted octanol–water partition coefficient (Wildman–Crippen LogP) is 2.74. The summed E-state index contributed by atoms with van der Waals surface area (Å²) < 4.78 is 9.72. The molecule has 0 atom stereocenters. The molecular weight excluding hydrogens is 248 g/mol. The quantitative estimate of drug-likeness (QED) is 0.854. The Labute approximate surface area is 109 Å². The molecule has 2 N–H and O–H groups in total. The maximum absolute atomic E-state index is 8.99. The summed E-state index contributed by atoms with van der Waals surface area (Å²) in [5, 5.41) is 9.44. The van der Waals surface area contributed by atoms with Crippen LogP contribution in [0.4, 0.5) is 5.69 Å². The molecule has 1 aromatic heterocycles. The van der Waals surface area contributed by atoms with Gasteiger partial charge in [-0.3, -0.25) is 0 Å². The molecular formula is C12H12N4OS. The van der Waals surface area contributed by atoms with Crippen LogP contribution in [0.15, 0.2) is 18.2 Å². The zero-order chi connectivity index (χ0) is 13.0. The molecule has 6 heteroatoms. The van der Waals surface area contributed by atoms with Crippen molar-refractivity contribution in [1.29, 1.82) is 5.26 Å². The number of hydrogen-bond donors (Lipinski definition) is 1. The van der Waals surface area contributed by atoms with Crippen molar-refractivity contribution in [3.63, 3.8) is 0 Å². The van der Waals surface area contributed by atoms with Gasteiger partial charge >= 0.3 is 0 Å². The molecule has 5 nitrogen and oxygen atoms in total. The smallest absolute Gasteiger partial charge is 0.298 e. The molecule has 0 unspecified atom stereocenters. The molecule has 18 heavy (non-hydrogen) atoms. The van der Waals surface area contributed by atoms with Crippen molar-refractivity contribution in [3.05, 3.63) is 29.6 Å². The molecule has 0 spiro atoms. The Morgan fingerprint density at radius 1 is 1.50 bits per heavy atom. The molecule has 0 saturated carbocycles. The van der Waals surface area contributed by atoms with Crippen molar-refractivity contribution in [2.75, 3.05) is 5.73 Å². The highest BCUT2D eigenvalue weighted by atomic mass is 32.1. The number of benzene rings is 1. The zero-order valence-corrected chi connectivity index (χ0v) is 10.7. The van der Waals surface area contributed by atoms with Gasteiger partial charge in [0.25, 0.3) is 5.19 Å². The summed E-state index contributed by atoms with van der Waals surface area (Å²) in [6.07, 6.45) is 1.81. The molecule has 0 aliphatic rings. The highest BCUT2D eigenvalue weighted by Gasteiger charge is 2.09. The Kier molecular flexibility index (Phi) is 3.75. The predicted molar refractivity (Wildman–Crippen MR) is 69.5 cm³/mol. The van der Waals surface area contributed by atoms with Crippen LogP contribution in [-0.2, 0) is 6.42 Å². The molecule has 0 saturated heterocycles. The highest BCUT2D eigenvalue weighted by molar-refractivity contribution is 7.07. The van der Waals surface area contributed by atoms with Gasteiger partial charge in [-0.05, 0) is 24.6 Å². The number of aryl methyl sites for hydroxylation is 1. The minimum absolute atomic E-state index is 0.391. The summed E-state index contributed by atoms with van der Waals surface area (Å²) in [5.41, 5.74) is 6.53. The summed E-state index contributed by atoms with van der Waals surface area (Å²) in [7, 11) is 0. The molecule has 0 aliphatic heterocycles. The maximum atomic E-state index is 8.99. The lowest BCUT2D eigenvalue weighted by Gasteiger charge is -2.03. The van der Waals surface area contributed by atoms with Crippen LogP contribution in [-0.4, -0.2) is 9.36 Å². The minimum atomic E-state index is 0.391. The molecule has 0 bridgehead atoms. The van der Waals surface area contributed by atoms with E-state index >= 15 is 0 Å². The lowest BCUT2D eigenvalue weighted by atomic mass is 10.2. The number of aromatic nitrogens is 2. The average molecular weight is 260 g/mol. The van der Waals surface area contributed by atoms with Gasteiger partial charge < -0.3 is 10.5 Å². The Bertz CT molecular complexity index is 588. The topological polar surface area (TPSA) is 84.8 Å². The molecule has 1 aromatic carbocycles. The fourth-order valence-corrected chi connectivity index (χ4v) is 2.01. The van der Waals surface area contributed by atoms with Gasteiger partial charge in [0.05, 0.1) is 5.56 Å².